The fourth-order valence-electron chi connectivity index (χ4n) is 4.34. The van der Waals surface area contributed by atoms with Crippen molar-refractivity contribution in [3.05, 3.63) is 59.9 Å². The van der Waals surface area contributed by atoms with Gasteiger partial charge in [0.25, 0.3) is 5.91 Å². The third kappa shape index (κ3) is 6.97. The molecule has 0 spiro atoms. The van der Waals surface area contributed by atoms with Gasteiger partial charge in [0.1, 0.15) is 18.4 Å². The first-order valence-electron chi connectivity index (χ1n) is 12.6. The molecule has 37 heavy (non-hydrogen) atoms. The number of aromatic nitrogens is 4. The van der Waals surface area contributed by atoms with Crippen molar-refractivity contribution in [2.24, 2.45) is 5.92 Å². The zero-order valence-corrected chi connectivity index (χ0v) is 21.4. The Labute approximate surface area is 216 Å². The van der Waals surface area contributed by atoms with E-state index in [-0.39, 0.29) is 42.0 Å². The molecule has 2 amide bonds. The Kier molecular flexibility index (Phi) is 8.60. The molecule has 1 aromatic heterocycles. The Morgan fingerprint density at radius 1 is 1.16 bits per heavy atom. The van der Waals surface area contributed by atoms with Crippen molar-refractivity contribution in [2.75, 3.05) is 18.1 Å². The summed E-state index contributed by atoms with van der Waals surface area (Å²) in [6.07, 6.45) is 2.36. The molecule has 1 aliphatic rings. The van der Waals surface area contributed by atoms with Gasteiger partial charge in [-0.2, -0.15) is 4.80 Å². The largest absolute Gasteiger partial charge is 0.376 e. The average Bonchev–Trinajstić information content (AvgIpc) is 3.56. The van der Waals surface area contributed by atoms with Crippen LogP contribution in [0.4, 0.5) is 10.1 Å². The van der Waals surface area contributed by atoms with Crippen LogP contribution in [0.1, 0.15) is 38.7 Å². The SMILES string of the molecule is Cc1ccc(N(C(=O)Cn2nnc(-c3ccc(F)cc3)n2)[C@H](CC(C)C)C(=O)NC[C@@H]2CCCO2)cc1. The zero-order chi connectivity index (χ0) is 26.4. The highest BCUT2D eigenvalue weighted by Gasteiger charge is 2.33. The molecule has 0 unspecified atom stereocenters. The molecule has 2 aromatic carbocycles. The van der Waals surface area contributed by atoms with Gasteiger partial charge in [0.15, 0.2) is 0 Å². The number of hydrogen-bond acceptors (Lipinski definition) is 6. The van der Waals surface area contributed by atoms with Gasteiger partial charge in [0, 0.05) is 24.4 Å². The molecular weight excluding hydrogens is 475 g/mol. The van der Waals surface area contributed by atoms with Crippen LogP contribution in [0.2, 0.25) is 0 Å². The number of tetrazole rings is 1. The number of halogens is 1. The quantitative estimate of drug-likeness (QED) is 0.450. The number of ether oxygens (including phenoxy) is 1. The van der Waals surface area contributed by atoms with Crippen LogP contribution in [0.15, 0.2) is 48.5 Å². The van der Waals surface area contributed by atoms with Gasteiger partial charge in [-0.25, -0.2) is 4.39 Å². The summed E-state index contributed by atoms with van der Waals surface area (Å²) in [5.74, 6) is -0.493. The maximum absolute atomic E-state index is 13.7. The number of amides is 2. The fraction of sp³-hybridized carbons (Fsp3) is 0.444. The molecule has 9 nitrogen and oxygen atoms in total. The summed E-state index contributed by atoms with van der Waals surface area (Å²) in [6, 6.07) is 12.5. The molecule has 4 rings (SSSR count). The van der Waals surface area contributed by atoms with Gasteiger partial charge in [-0.3, -0.25) is 14.5 Å². The summed E-state index contributed by atoms with van der Waals surface area (Å²) >= 11 is 0. The van der Waals surface area contributed by atoms with Crippen LogP contribution in [0.25, 0.3) is 11.4 Å². The molecule has 1 aliphatic heterocycles. The second kappa shape index (κ2) is 12.1. The molecule has 0 bridgehead atoms. The summed E-state index contributed by atoms with van der Waals surface area (Å²) in [5.41, 5.74) is 2.25. The number of carbonyl (C=O) groups excluding carboxylic acids is 2. The summed E-state index contributed by atoms with van der Waals surface area (Å²) in [6.45, 7) is 6.91. The minimum Gasteiger partial charge on any atom is -0.376 e. The summed E-state index contributed by atoms with van der Waals surface area (Å²) < 4.78 is 18.9. The minimum absolute atomic E-state index is 0.00333. The van der Waals surface area contributed by atoms with Crippen molar-refractivity contribution in [3.8, 4) is 11.4 Å². The molecule has 0 saturated carbocycles. The lowest BCUT2D eigenvalue weighted by Crippen LogP contribution is -2.52. The minimum atomic E-state index is -0.725. The third-order valence-electron chi connectivity index (χ3n) is 6.25. The van der Waals surface area contributed by atoms with E-state index in [0.29, 0.717) is 30.8 Å². The van der Waals surface area contributed by atoms with E-state index < -0.39 is 6.04 Å². The molecule has 2 atom stereocenters. The Bertz CT molecular complexity index is 1190. The second-order valence-corrected chi connectivity index (χ2v) is 9.78. The fourth-order valence-corrected chi connectivity index (χ4v) is 4.34. The number of carbonyl (C=O) groups is 2. The van der Waals surface area contributed by atoms with Gasteiger partial charge in [0.2, 0.25) is 11.7 Å². The Morgan fingerprint density at radius 2 is 1.89 bits per heavy atom. The molecule has 0 aliphatic carbocycles. The van der Waals surface area contributed by atoms with E-state index in [9.17, 15) is 14.0 Å². The van der Waals surface area contributed by atoms with E-state index in [1.807, 2.05) is 45.0 Å². The lowest BCUT2D eigenvalue weighted by molar-refractivity contribution is -0.127. The first kappa shape index (κ1) is 26.4. The Hall–Kier alpha value is -3.66. The van der Waals surface area contributed by atoms with E-state index >= 15 is 0 Å². The second-order valence-electron chi connectivity index (χ2n) is 9.78. The maximum Gasteiger partial charge on any atom is 0.251 e. The van der Waals surface area contributed by atoms with Gasteiger partial charge in [-0.1, -0.05) is 31.5 Å². The van der Waals surface area contributed by atoms with Crippen molar-refractivity contribution < 1.29 is 18.7 Å². The average molecular weight is 509 g/mol. The van der Waals surface area contributed by atoms with Gasteiger partial charge in [-0.05, 0) is 73.7 Å². The standard InChI is InChI=1S/C27H33FN6O3/c1-18(2)15-24(27(36)29-16-23-5-4-14-37-23)34(22-12-6-19(3)7-13-22)25(35)17-33-31-26(30-32-33)20-8-10-21(28)11-9-20/h6-13,18,23-24H,4-5,14-17H2,1-3H3,(H,29,36)/t23-,24+/m0/s1. The van der Waals surface area contributed by atoms with Crippen LogP contribution < -0.4 is 10.2 Å². The molecule has 196 valence electrons. The van der Waals surface area contributed by atoms with E-state index in [4.69, 9.17) is 4.74 Å². The summed E-state index contributed by atoms with van der Waals surface area (Å²) in [4.78, 5) is 29.9. The third-order valence-corrected chi connectivity index (χ3v) is 6.25. The monoisotopic (exact) mass is 508 g/mol. The lowest BCUT2D eigenvalue weighted by atomic mass is 10.00. The van der Waals surface area contributed by atoms with Crippen LogP contribution in [-0.4, -0.2) is 57.3 Å². The smallest absolute Gasteiger partial charge is 0.251 e. The van der Waals surface area contributed by atoms with Gasteiger partial charge >= 0.3 is 0 Å². The lowest BCUT2D eigenvalue weighted by Gasteiger charge is -2.32. The van der Waals surface area contributed by atoms with Crippen LogP contribution in [0.3, 0.4) is 0 Å². The highest BCUT2D eigenvalue weighted by atomic mass is 19.1. The number of hydrogen-bond donors (Lipinski definition) is 1. The van der Waals surface area contributed by atoms with E-state index in [0.717, 1.165) is 18.4 Å². The first-order chi connectivity index (χ1) is 17.8. The van der Waals surface area contributed by atoms with Crippen molar-refractivity contribution in [1.82, 2.24) is 25.5 Å². The van der Waals surface area contributed by atoms with Crippen LogP contribution in [0, 0.1) is 18.7 Å². The van der Waals surface area contributed by atoms with Gasteiger partial charge in [0.05, 0.1) is 6.10 Å². The molecule has 1 saturated heterocycles. The number of benzene rings is 2. The molecular formula is C27H33FN6O3. The maximum atomic E-state index is 13.7. The Morgan fingerprint density at radius 3 is 2.54 bits per heavy atom. The molecule has 0 radical (unpaired) electrons. The number of anilines is 1. The Balaban J connectivity index is 1.58. The van der Waals surface area contributed by atoms with E-state index in [1.165, 1.54) is 21.8 Å². The number of rotatable bonds is 10. The first-order valence-corrected chi connectivity index (χ1v) is 12.6. The summed E-state index contributed by atoms with van der Waals surface area (Å²) in [5, 5.41) is 15.3. The predicted molar refractivity (Wildman–Crippen MR) is 137 cm³/mol. The molecule has 2 heterocycles. The molecule has 1 N–H and O–H groups in total. The van der Waals surface area contributed by atoms with Crippen molar-refractivity contribution in [3.63, 3.8) is 0 Å². The highest BCUT2D eigenvalue weighted by molar-refractivity contribution is 6.00. The van der Waals surface area contributed by atoms with E-state index in [1.54, 1.807) is 12.1 Å². The number of nitrogens with zero attached hydrogens (tertiary/aromatic N) is 5. The van der Waals surface area contributed by atoms with Crippen molar-refractivity contribution in [2.45, 2.75) is 58.7 Å². The zero-order valence-electron chi connectivity index (χ0n) is 21.4. The van der Waals surface area contributed by atoms with Gasteiger partial charge < -0.3 is 10.1 Å². The predicted octanol–water partition coefficient (Wildman–Crippen LogP) is 3.53. The summed E-state index contributed by atoms with van der Waals surface area (Å²) in [7, 11) is 0. The van der Waals surface area contributed by atoms with Crippen LogP contribution >= 0.6 is 0 Å². The molecule has 3 aromatic rings. The van der Waals surface area contributed by atoms with Crippen LogP contribution in [0.5, 0.6) is 0 Å². The van der Waals surface area contributed by atoms with Crippen molar-refractivity contribution >= 4 is 17.5 Å². The topological polar surface area (TPSA) is 102 Å². The normalized spacial score (nSPS) is 16.1. The van der Waals surface area contributed by atoms with Crippen LogP contribution in [-0.2, 0) is 20.9 Å². The van der Waals surface area contributed by atoms with Gasteiger partial charge in [-0.15, -0.1) is 10.2 Å². The number of aryl methyl sites for hydroxylation is 1. The molecule has 10 heteroatoms. The van der Waals surface area contributed by atoms with E-state index in [2.05, 4.69) is 20.7 Å². The highest BCUT2D eigenvalue weighted by Crippen LogP contribution is 2.23. The molecule has 1 fully saturated rings. The number of nitrogens with one attached hydrogen (secondary N) is 1. The van der Waals surface area contributed by atoms with Crippen molar-refractivity contribution in [1.29, 1.82) is 0 Å².